The van der Waals surface area contributed by atoms with Crippen molar-refractivity contribution in [1.82, 2.24) is 5.32 Å². The predicted molar refractivity (Wildman–Crippen MR) is 113 cm³/mol. The van der Waals surface area contributed by atoms with E-state index in [1.165, 1.54) is 0 Å². The van der Waals surface area contributed by atoms with Crippen LogP contribution in [0.1, 0.15) is 35.6 Å². The van der Waals surface area contributed by atoms with Gasteiger partial charge in [0.25, 0.3) is 0 Å². The van der Waals surface area contributed by atoms with Crippen LogP contribution in [0.5, 0.6) is 0 Å². The third-order valence-corrected chi connectivity index (χ3v) is 4.82. The predicted octanol–water partition coefficient (Wildman–Crippen LogP) is 4.94. The number of amides is 1. The molecular weight excluding hydrogens is 366 g/mol. The molecule has 1 amide bonds. The number of carboxylic acid groups (broad SMARTS) is 1. The zero-order chi connectivity index (χ0) is 20.8. The molecule has 2 N–H and O–H groups in total. The van der Waals surface area contributed by atoms with Crippen molar-refractivity contribution in [2.75, 3.05) is 0 Å². The molecule has 29 heavy (non-hydrogen) atoms. The fourth-order valence-electron chi connectivity index (χ4n) is 3.32. The van der Waals surface area contributed by atoms with Gasteiger partial charge in [-0.05, 0) is 46.7 Å². The molecule has 0 aromatic heterocycles. The Morgan fingerprint density at radius 3 is 2.62 bits per heavy atom. The molecule has 1 aliphatic rings. The lowest BCUT2D eigenvalue weighted by molar-refractivity contribution is -0.132. The van der Waals surface area contributed by atoms with Gasteiger partial charge in [0.1, 0.15) is 6.61 Å². The molecule has 0 saturated heterocycles. The summed E-state index contributed by atoms with van der Waals surface area (Å²) >= 11 is 0. The van der Waals surface area contributed by atoms with Gasteiger partial charge in [-0.25, -0.2) is 9.59 Å². The topological polar surface area (TPSA) is 75.6 Å². The van der Waals surface area contributed by atoms with Gasteiger partial charge in [-0.3, -0.25) is 5.32 Å². The van der Waals surface area contributed by atoms with Crippen molar-refractivity contribution in [2.24, 2.45) is 0 Å². The van der Waals surface area contributed by atoms with Crippen molar-refractivity contribution in [3.8, 4) is 0 Å². The highest BCUT2D eigenvalue weighted by Gasteiger charge is 2.24. The normalized spacial score (nSPS) is 13.1. The van der Waals surface area contributed by atoms with E-state index in [2.05, 4.69) is 11.9 Å². The number of aliphatic carboxylic acids is 1. The van der Waals surface area contributed by atoms with Gasteiger partial charge in [0.15, 0.2) is 0 Å². The van der Waals surface area contributed by atoms with Gasteiger partial charge >= 0.3 is 12.1 Å². The van der Waals surface area contributed by atoms with Crippen LogP contribution in [0.25, 0.3) is 12.2 Å². The van der Waals surface area contributed by atoms with Crippen molar-refractivity contribution in [3.63, 3.8) is 0 Å². The van der Waals surface area contributed by atoms with Gasteiger partial charge < -0.3 is 9.84 Å². The van der Waals surface area contributed by atoms with E-state index in [4.69, 9.17) is 4.74 Å². The quantitative estimate of drug-likeness (QED) is 0.733. The summed E-state index contributed by atoms with van der Waals surface area (Å²) in [4.78, 5) is 24.4. The van der Waals surface area contributed by atoms with Crippen molar-refractivity contribution in [1.29, 1.82) is 0 Å². The number of nitrogens with one attached hydrogen (secondary N) is 1. The minimum absolute atomic E-state index is 0.103. The summed E-state index contributed by atoms with van der Waals surface area (Å²) in [7, 11) is 0. The smallest absolute Gasteiger partial charge is 0.411 e. The molecule has 0 saturated carbocycles. The van der Waals surface area contributed by atoms with Crippen LogP contribution in [0.2, 0.25) is 0 Å². The Bertz CT molecular complexity index is 1000. The molecular formula is C24H23NO4. The Balaban J connectivity index is 1.91. The first-order valence-corrected chi connectivity index (χ1v) is 9.42. The minimum Gasteiger partial charge on any atom is -0.478 e. The maximum absolute atomic E-state index is 12.4. The average Bonchev–Trinajstić information content (AvgIpc) is 2.88. The van der Waals surface area contributed by atoms with Crippen LogP contribution in [-0.4, -0.2) is 17.2 Å². The first-order chi connectivity index (χ1) is 14.0. The molecule has 148 valence electrons. The molecule has 0 heterocycles. The fraction of sp³-hybridized carbons (Fsp3) is 0.167. The second kappa shape index (κ2) is 9.06. The summed E-state index contributed by atoms with van der Waals surface area (Å²) in [5.41, 5.74) is 4.75. The third-order valence-electron chi connectivity index (χ3n) is 4.82. The number of benzene rings is 2. The summed E-state index contributed by atoms with van der Waals surface area (Å²) in [6, 6.07) is 15.1. The molecule has 0 unspecified atom stereocenters. The summed E-state index contributed by atoms with van der Waals surface area (Å²) < 4.78 is 5.27. The number of alkyl carbamates (subject to hydrolysis) is 1. The molecule has 1 aliphatic carbocycles. The monoisotopic (exact) mass is 389 g/mol. The number of fused-ring (bicyclic) bond motifs is 1. The first-order valence-electron chi connectivity index (χ1n) is 9.42. The number of allylic oxidation sites excluding steroid dienone is 1. The first kappa shape index (κ1) is 20.1. The maximum atomic E-state index is 12.4. The second-order valence-electron chi connectivity index (χ2n) is 6.72. The zero-order valence-electron chi connectivity index (χ0n) is 16.3. The van der Waals surface area contributed by atoms with Gasteiger partial charge in [0.05, 0.1) is 11.3 Å². The van der Waals surface area contributed by atoms with E-state index in [1.54, 1.807) is 12.2 Å². The largest absolute Gasteiger partial charge is 0.478 e. The number of hydrogen-bond acceptors (Lipinski definition) is 3. The number of hydrogen-bond donors (Lipinski definition) is 2. The summed E-state index contributed by atoms with van der Waals surface area (Å²) in [5.74, 6) is -1.08. The lowest BCUT2D eigenvalue weighted by atomic mass is 9.96. The van der Waals surface area contributed by atoms with Crippen molar-refractivity contribution >= 4 is 24.2 Å². The standard InChI is InChI=1S/C24H23NO4/c1-3-16-10-11-19-14-21(22(23(26)27)18(4-2)13-20(19)12-16)25-24(28)29-15-17-8-6-5-7-9-17/h3,5-12,14H,1,4,13,15H2,2H3,(H,25,28)(H,26,27). The SMILES string of the molecule is C=Cc1ccc2c(c1)CC(CC)=C(C(=O)O)C(NC(=O)OCc1ccccc1)=C2. The van der Waals surface area contributed by atoms with Crippen LogP contribution >= 0.6 is 0 Å². The highest BCUT2D eigenvalue weighted by molar-refractivity contribution is 5.96. The summed E-state index contributed by atoms with van der Waals surface area (Å²) in [6.07, 6.45) is 3.80. The number of carbonyl (C=O) groups excluding carboxylic acids is 1. The van der Waals surface area contributed by atoms with Gasteiger partial charge in [0.2, 0.25) is 0 Å². The van der Waals surface area contributed by atoms with E-state index in [0.717, 1.165) is 27.8 Å². The van der Waals surface area contributed by atoms with E-state index in [-0.39, 0.29) is 17.9 Å². The molecule has 5 nitrogen and oxygen atoms in total. The number of carbonyl (C=O) groups is 2. The Labute approximate surface area is 170 Å². The van der Waals surface area contributed by atoms with E-state index < -0.39 is 12.1 Å². The van der Waals surface area contributed by atoms with E-state index >= 15 is 0 Å². The van der Waals surface area contributed by atoms with Gasteiger partial charge in [-0.1, -0.05) is 68.1 Å². The molecule has 3 rings (SSSR count). The van der Waals surface area contributed by atoms with Crippen molar-refractivity contribution in [3.05, 3.63) is 94.2 Å². The number of rotatable bonds is 6. The highest BCUT2D eigenvalue weighted by Crippen LogP contribution is 2.29. The maximum Gasteiger partial charge on any atom is 0.411 e. The van der Waals surface area contributed by atoms with Crippen LogP contribution < -0.4 is 5.32 Å². The molecule has 0 aliphatic heterocycles. The van der Waals surface area contributed by atoms with Crippen LogP contribution in [0.3, 0.4) is 0 Å². The highest BCUT2D eigenvalue weighted by atomic mass is 16.5. The second-order valence-corrected chi connectivity index (χ2v) is 6.72. The third kappa shape index (κ3) is 4.82. The number of ether oxygens (including phenoxy) is 1. The van der Waals surface area contributed by atoms with E-state index in [9.17, 15) is 14.7 Å². The average molecular weight is 389 g/mol. The van der Waals surface area contributed by atoms with E-state index in [1.807, 2.05) is 55.5 Å². The van der Waals surface area contributed by atoms with Gasteiger partial charge in [-0.2, -0.15) is 0 Å². The van der Waals surface area contributed by atoms with Crippen molar-refractivity contribution < 1.29 is 19.4 Å². The fourth-order valence-corrected chi connectivity index (χ4v) is 3.32. The lowest BCUT2D eigenvalue weighted by Gasteiger charge is -2.13. The van der Waals surface area contributed by atoms with Crippen LogP contribution in [-0.2, 0) is 22.6 Å². The molecule has 0 spiro atoms. The Kier molecular flexibility index (Phi) is 6.29. The lowest BCUT2D eigenvalue weighted by Crippen LogP contribution is -2.27. The minimum atomic E-state index is -1.08. The number of carboxylic acids is 1. The Hall–Kier alpha value is -3.60. The molecule has 0 atom stereocenters. The summed E-state index contributed by atoms with van der Waals surface area (Å²) in [6.45, 7) is 5.80. The van der Waals surface area contributed by atoms with Gasteiger partial charge in [0, 0.05) is 0 Å². The van der Waals surface area contributed by atoms with E-state index in [0.29, 0.717) is 12.8 Å². The Morgan fingerprint density at radius 2 is 1.97 bits per heavy atom. The Morgan fingerprint density at radius 1 is 1.21 bits per heavy atom. The molecule has 0 radical (unpaired) electrons. The summed E-state index contributed by atoms with van der Waals surface area (Å²) in [5, 5.41) is 12.5. The van der Waals surface area contributed by atoms with Crippen LogP contribution in [0, 0.1) is 0 Å². The van der Waals surface area contributed by atoms with Crippen molar-refractivity contribution in [2.45, 2.75) is 26.4 Å². The molecule has 0 bridgehead atoms. The molecule has 0 fully saturated rings. The van der Waals surface area contributed by atoms with Crippen LogP contribution in [0.15, 0.2) is 72.0 Å². The molecule has 2 aromatic carbocycles. The molecule has 5 heteroatoms. The van der Waals surface area contributed by atoms with Gasteiger partial charge in [-0.15, -0.1) is 0 Å². The van der Waals surface area contributed by atoms with Crippen LogP contribution in [0.4, 0.5) is 4.79 Å². The molecule has 2 aromatic rings. The zero-order valence-corrected chi connectivity index (χ0v) is 16.3.